The molecule has 0 saturated heterocycles. The van der Waals surface area contributed by atoms with Gasteiger partial charge in [-0.25, -0.2) is 0 Å². The summed E-state index contributed by atoms with van der Waals surface area (Å²) in [5, 5.41) is 6.35. The van der Waals surface area contributed by atoms with E-state index in [9.17, 15) is 0 Å². The minimum atomic E-state index is -0.225. The van der Waals surface area contributed by atoms with Crippen LogP contribution in [-0.2, 0) is 30.9 Å². The summed E-state index contributed by atoms with van der Waals surface area (Å²) in [5.41, 5.74) is 12.5. The molecule has 6 aromatic carbocycles. The van der Waals surface area contributed by atoms with Crippen LogP contribution < -0.4 is 16.4 Å². The number of para-hydroxylation sites is 1. The molecule has 0 N–H and O–H groups in total. The summed E-state index contributed by atoms with van der Waals surface area (Å²) >= 11 is 0. The summed E-state index contributed by atoms with van der Waals surface area (Å²) in [6.07, 6.45) is 0. The van der Waals surface area contributed by atoms with Crippen molar-refractivity contribution >= 4 is 55.5 Å². The number of aromatic nitrogens is 1. The molecule has 0 unspecified atom stereocenters. The van der Waals surface area contributed by atoms with Gasteiger partial charge in [0, 0.05) is 20.1 Å². The molecule has 1 radical (unpaired) electrons. The first kappa shape index (κ1) is 27.5. The SMILES string of the molecule is CC1(C)c2[c-]c(-c3ccc4ccccc4n3)cc3c2B(c2cc4ccccc4cc21)c1cc2ccccc2cc1C3(C)C.[Ir]. The summed E-state index contributed by atoms with van der Waals surface area (Å²) in [4.78, 5) is 5.14. The summed E-state index contributed by atoms with van der Waals surface area (Å²) in [5.74, 6) is 0. The van der Waals surface area contributed by atoms with E-state index in [1.807, 2.05) is 0 Å². The molecule has 1 aromatic heterocycles. The Labute approximate surface area is 272 Å². The van der Waals surface area contributed by atoms with Crippen LogP contribution in [0.15, 0.2) is 115 Å². The van der Waals surface area contributed by atoms with Gasteiger partial charge in [-0.15, -0.1) is 34.3 Å². The maximum atomic E-state index is 5.14. The monoisotopic (exact) mass is 741 g/mol. The molecule has 0 aliphatic carbocycles. The van der Waals surface area contributed by atoms with Gasteiger partial charge in [0.1, 0.15) is 0 Å². The third-order valence-corrected chi connectivity index (χ3v) is 10.4. The van der Waals surface area contributed by atoms with Crippen molar-refractivity contribution in [3.8, 4) is 11.3 Å². The second-order valence-electron chi connectivity index (χ2n) is 13.5. The van der Waals surface area contributed by atoms with Crippen LogP contribution in [0.3, 0.4) is 0 Å². The largest absolute Gasteiger partial charge is 0.296 e. The number of hydrogen-bond donors (Lipinski definition) is 0. The Bertz CT molecular complexity index is 2190. The van der Waals surface area contributed by atoms with Crippen LogP contribution in [0.2, 0.25) is 0 Å². The van der Waals surface area contributed by atoms with Crippen LogP contribution in [0.4, 0.5) is 0 Å². The fraction of sp³-hybridized carbons (Fsp3) is 0.146. The Kier molecular flexibility index (Phi) is 5.93. The fourth-order valence-electron chi connectivity index (χ4n) is 8.09. The van der Waals surface area contributed by atoms with Crippen LogP contribution in [0, 0.1) is 6.07 Å². The van der Waals surface area contributed by atoms with Gasteiger partial charge in [0.05, 0.1) is 5.52 Å². The van der Waals surface area contributed by atoms with Gasteiger partial charge in [0.25, 0.3) is 0 Å². The van der Waals surface area contributed by atoms with Crippen molar-refractivity contribution in [2.75, 3.05) is 0 Å². The van der Waals surface area contributed by atoms with Gasteiger partial charge in [-0.2, -0.15) is 0 Å². The molecule has 2 aliphatic rings. The van der Waals surface area contributed by atoms with E-state index in [1.165, 1.54) is 60.2 Å². The van der Waals surface area contributed by atoms with E-state index < -0.39 is 0 Å². The number of hydrogen-bond acceptors (Lipinski definition) is 1. The van der Waals surface area contributed by atoms with Crippen LogP contribution in [0.25, 0.3) is 43.7 Å². The van der Waals surface area contributed by atoms with Gasteiger partial charge < -0.3 is 0 Å². The molecule has 0 fully saturated rings. The van der Waals surface area contributed by atoms with Crippen molar-refractivity contribution in [1.29, 1.82) is 0 Å². The number of fused-ring (bicyclic) bond motifs is 7. The first-order valence-corrected chi connectivity index (χ1v) is 15.3. The fourth-order valence-corrected chi connectivity index (χ4v) is 8.09. The van der Waals surface area contributed by atoms with Gasteiger partial charge in [0.15, 0.2) is 6.71 Å². The summed E-state index contributed by atoms with van der Waals surface area (Å²) in [6, 6.07) is 46.6. The normalized spacial score (nSPS) is 15.4. The van der Waals surface area contributed by atoms with Gasteiger partial charge in [-0.1, -0.05) is 142 Å². The molecule has 2 aliphatic heterocycles. The molecule has 0 amide bonds. The Balaban J connectivity index is 0.00000289. The predicted molar refractivity (Wildman–Crippen MR) is 183 cm³/mol. The quantitative estimate of drug-likeness (QED) is 0.124. The maximum Gasteiger partial charge on any atom is 0.192 e. The third kappa shape index (κ3) is 3.73. The molecule has 3 heteroatoms. The Morgan fingerprint density at radius 1 is 0.545 bits per heavy atom. The van der Waals surface area contributed by atoms with E-state index in [2.05, 4.69) is 149 Å². The topological polar surface area (TPSA) is 12.9 Å². The van der Waals surface area contributed by atoms with E-state index in [0.717, 1.165) is 22.2 Å². The molecular weight excluding hydrogens is 709 g/mol. The molecule has 0 saturated carbocycles. The number of rotatable bonds is 1. The number of nitrogens with zero attached hydrogens (tertiary/aromatic N) is 1. The third-order valence-electron chi connectivity index (χ3n) is 10.4. The standard InChI is InChI=1S/C41H31BN.Ir/c1-40(2)31-19-26-12-5-7-14-28(26)23-35(31)42-36-24-29-15-8-6-13-27(29)20-32(36)41(3,4)34-22-30(21-33(40)39(34)42)38-18-17-25-11-9-10-16-37(25)43-38;/h5-21,23-24H,1-4H3;/q-1;. The van der Waals surface area contributed by atoms with Gasteiger partial charge in [-0.3, -0.25) is 4.98 Å². The molecule has 0 bridgehead atoms. The molecule has 0 atom stereocenters. The van der Waals surface area contributed by atoms with Crippen LogP contribution in [-0.4, -0.2) is 11.7 Å². The summed E-state index contributed by atoms with van der Waals surface area (Å²) in [7, 11) is 0. The van der Waals surface area contributed by atoms with E-state index in [1.54, 1.807) is 0 Å². The molecular formula is C41H31BIrN-. The predicted octanol–water partition coefficient (Wildman–Crippen LogP) is 7.80. The van der Waals surface area contributed by atoms with Crippen molar-refractivity contribution in [2.45, 2.75) is 38.5 Å². The molecule has 0 spiro atoms. The minimum Gasteiger partial charge on any atom is -0.296 e. The molecule has 1 nitrogen and oxygen atoms in total. The van der Waals surface area contributed by atoms with Crippen molar-refractivity contribution in [1.82, 2.24) is 4.98 Å². The zero-order valence-electron chi connectivity index (χ0n) is 25.3. The minimum absolute atomic E-state index is 0. The Hall–Kier alpha value is -4.04. The second-order valence-corrected chi connectivity index (χ2v) is 13.5. The zero-order valence-corrected chi connectivity index (χ0v) is 27.7. The Morgan fingerprint density at radius 2 is 1.07 bits per heavy atom. The van der Waals surface area contributed by atoms with E-state index in [0.29, 0.717) is 0 Å². The summed E-state index contributed by atoms with van der Waals surface area (Å²) < 4.78 is 0. The maximum absolute atomic E-state index is 5.14. The van der Waals surface area contributed by atoms with Crippen molar-refractivity contribution < 1.29 is 20.1 Å². The van der Waals surface area contributed by atoms with Crippen LogP contribution in [0.5, 0.6) is 0 Å². The molecule has 44 heavy (non-hydrogen) atoms. The van der Waals surface area contributed by atoms with Crippen LogP contribution >= 0.6 is 0 Å². The Morgan fingerprint density at radius 3 is 1.68 bits per heavy atom. The van der Waals surface area contributed by atoms with Crippen LogP contribution in [0.1, 0.15) is 49.9 Å². The van der Waals surface area contributed by atoms with E-state index in [-0.39, 0.29) is 37.6 Å². The first-order chi connectivity index (χ1) is 20.8. The summed E-state index contributed by atoms with van der Waals surface area (Å²) in [6.45, 7) is 9.76. The molecule has 9 rings (SSSR count). The van der Waals surface area contributed by atoms with E-state index in [4.69, 9.17) is 4.98 Å². The van der Waals surface area contributed by atoms with Crippen molar-refractivity contribution in [2.24, 2.45) is 0 Å². The second kappa shape index (κ2) is 9.48. The average Bonchev–Trinajstić information content (AvgIpc) is 3.03. The number of benzene rings is 6. The van der Waals surface area contributed by atoms with Gasteiger partial charge in [0.2, 0.25) is 0 Å². The average molecular weight is 741 g/mol. The molecule has 7 aromatic rings. The smallest absolute Gasteiger partial charge is 0.192 e. The van der Waals surface area contributed by atoms with Crippen molar-refractivity contribution in [3.05, 3.63) is 144 Å². The zero-order chi connectivity index (χ0) is 29.1. The van der Waals surface area contributed by atoms with E-state index >= 15 is 0 Å². The van der Waals surface area contributed by atoms with Crippen molar-refractivity contribution in [3.63, 3.8) is 0 Å². The first-order valence-electron chi connectivity index (χ1n) is 15.3. The molecule has 213 valence electrons. The molecule has 3 heterocycles. The van der Waals surface area contributed by atoms with Gasteiger partial charge >= 0.3 is 0 Å². The van der Waals surface area contributed by atoms with Gasteiger partial charge in [-0.05, 0) is 60.6 Å². The number of pyridine rings is 1.